The van der Waals surface area contributed by atoms with Crippen molar-refractivity contribution < 1.29 is 26.4 Å². The van der Waals surface area contributed by atoms with Crippen LogP contribution in [0.1, 0.15) is 25.7 Å². The first-order valence-corrected chi connectivity index (χ1v) is 8.54. The lowest BCUT2D eigenvalue weighted by atomic mass is 9.85. The Morgan fingerprint density at radius 1 is 1.20 bits per heavy atom. The highest BCUT2D eigenvalue weighted by atomic mass is 32.2. The van der Waals surface area contributed by atoms with Crippen LogP contribution in [-0.4, -0.2) is 50.0 Å². The lowest BCUT2D eigenvalue weighted by Gasteiger charge is -2.34. The molecule has 0 aromatic heterocycles. The maximum atomic E-state index is 12.6. The van der Waals surface area contributed by atoms with E-state index in [1.54, 1.807) is 0 Å². The molecule has 0 spiro atoms. The highest BCUT2D eigenvalue weighted by Gasteiger charge is 2.40. The zero-order chi connectivity index (χ0) is 15.0. The molecule has 8 heteroatoms. The van der Waals surface area contributed by atoms with Crippen molar-refractivity contribution in [3.05, 3.63) is 0 Å². The average Bonchev–Trinajstić information content (AvgIpc) is 2.59. The Morgan fingerprint density at radius 3 is 2.25 bits per heavy atom. The minimum absolute atomic E-state index is 0.0922. The van der Waals surface area contributed by atoms with Gasteiger partial charge in [0, 0.05) is 6.54 Å². The first-order valence-electron chi connectivity index (χ1n) is 6.72. The minimum atomic E-state index is -4.45. The van der Waals surface area contributed by atoms with Crippen molar-refractivity contribution in [1.29, 1.82) is 0 Å². The third kappa shape index (κ3) is 4.10. The van der Waals surface area contributed by atoms with Crippen LogP contribution in [0.2, 0.25) is 0 Å². The molecule has 1 aliphatic carbocycles. The molecular weight excluding hydrogens is 295 g/mol. The molecule has 20 heavy (non-hydrogen) atoms. The van der Waals surface area contributed by atoms with Gasteiger partial charge >= 0.3 is 6.18 Å². The van der Waals surface area contributed by atoms with Crippen molar-refractivity contribution in [3.8, 4) is 0 Å². The topological polar surface area (TPSA) is 54.5 Å². The van der Waals surface area contributed by atoms with Crippen LogP contribution in [0.3, 0.4) is 0 Å². The van der Waals surface area contributed by atoms with Crippen LogP contribution >= 0.6 is 0 Å². The van der Waals surface area contributed by atoms with E-state index in [0.29, 0.717) is 0 Å². The van der Waals surface area contributed by atoms with Gasteiger partial charge in [-0.05, 0) is 25.2 Å². The highest BCUT2D eigenvalue weighted by molar-refractivity contribution is 7.91. The largest absolute Gasteiger partial charge is 0.406 e. The van der Waals surface area contributed by atoms with Gasteiger partial charge in [0.05, 0.1) is 17.4 Å². The lowest BCUT2D eigenvalue weighted by Crippen LogP contribution is -2.45. The number of carbonyl (C=O) groups is 1. The van der Waals surface area contributed by atoms with Gasteiger partial charge in [0.2, 0.25) is 5.91 Å². The Kier molecular flexibility index (Phi) is 4.32. The number of nitrogens with zero attached hydrogens (tertiary/aromatic N) is 1. The van der Waals surface area contributed by atoms with E-state index in [9.17, 15) is 26.4 Å². The fourth-order valence-electron chi connectivity index (χ4n) is 2.68. The molecule has 2 aliphatic rings. The number of halogens is 3. The number of amides is 1. The Labute approximate surface area is 116 Å². The van der Waals surface area contributed by atoms with Crippen molar-refractivity contribution in [2.45, 2.75) is 31.9 Å². The van der Waals surface area contributed by atoms with Crippen LogP contribution in [0, 0.1) is 11.8 Å². The molecule has 1 heterocycles. The second kappa shape index (κ2) is 5.54. The van der Waals surface area contributed by atoms with Crippen LogP contribution < -0.4 is 0 Å². The van der Waals surface area contributed by atoms with Gasteiger partial charge in [-0.2, -0.15) is 13.2 Å². The molecule has 1 saturated heterocycles. The second-order valence-corrected chi connectivity index (χ2v) is 7.96. The van der Waals surface area contributed by atoms with Gasteiger partial charge in [-0.3, -0.25) is 4.79 Å². The van der Waals surface area contributed by atoms with E-state index < -0.39 is 34.4 Å². The Morgan fingerprint density at radius 2 is 1.85 bits per heavy atom. The predicted octanol–water partition coefficient (Wildman–Crippen LogP) is 1.61. The molecule has 0 aromatic carbocycles. The summed E-state index contributed by atoms with van der Waals surface area (Å²) in [5.41, 5.74) is 0. The Hall–Kier alpha value is -0.790. The van der Waals surface area contributed by atoms with Crippen molar-refractivity contribution in [2.75, 3.05) is 24.6 Å². The maximum Gasteiger partial charge on any atom is 0.406 e. The van der Waals surface area contributed by atoms with Gasteiger partial charge in [-0.15, -0.1) is 0 Å². The highest BCUT2D eigenvalue weighted by Crippen LogP contribution is 2.30. The summed E-state index contributed by atoms with van der Waals surface area (Å²) in [4.78, 5) is 13.0. The number of sulfone groups is 1. The van der Waals surface area contributed by atoms with E-state index in [1.165, 1.54) is 0 Å². The Balaban J connectivity index is 2.02. The van der Waals surface area contributed by atoms with Gasteiger partial charge in [0.1, 0.15) is 6.54 Å². The van der Waals surface area contributed by atoms with E-state index in [4.69, 9.17) is 0 Å². The van der Waals surface area contributed by atoms with Crippen LogP contribution in [0.5, 0.6) is 0 Å². The second-order valence-electron chi connectivity index (χ2n) is 5.73. The zero-order valence-corrected chi connectivity index (χ0v) is 11.8. The zero-order valence-electron chi connectivity index (χ0n) is 11.0. The van der Waals surface area contributed by atoms with E-state index in [-0.39, 0.29) is 30.4 Å². The molecule has 1 atom stereocenters. The van der Waals surface area contributed by atoms with E-state index >= 15 is 0 Å². The summed E-state index contributed by atoms with van der Waals surface area (Å²) in [7, 11) is -3.27. The Bertz CT molecular complexity index is 471. The number of hydrogen-bond donors (Lipinski definition) is 0. The third-order valence-corrected chi connectivity index (χ3v) is 5.73. The molecule has 1 aliphatic heterocycles. The van der Waals surface area contributed by atoms with Crippen molar-refractivity contribution >= 4 is 15.7 Å². The average molecular weight is 313 g/mol. The quantitative estimate of drug-likeness (QED) is 0.792. The van der Waals surface area contributed by atoms with Crippen molar-refractivity contribution in [1.82, 2.24) is 4.90 Å². The van der Waals surface area contributed by atoms with E-state index in [2.05, 4.69) is 0 Å². The number of carbonyl (C=O) groups excluding carboxylic acids is 1. The predicted molar refractivity (Wildman–Crippen MR) is 66.7 cm³/mol. The van der Waals surface area contributed by atoms with Gasteiger partial charge in [-0.25, -0.2) is 8.42 Å². The fraction of sp³-hybridized carbons (Fsp3) is 0.917. The monoisotopic (exact) mass is 313 g/mol. The molecule has 0 unspecified atom stereocenters. The maximum absolute atomic E-state index is 12.6. The molecule has 2 fully saturated rings. The van der Waals surface area contributed by atoms with Gasteiger partial charge in [0.25, 0.3) is 0 Å². The standard InChI is InChI=1S/C12H18F3NO3S/c13-12(14,15)8-16(6-9-2-1-3-9)11(17)10-4-5-20(18,19)7-10/h9-10H,1-8H2/t10-/m0/s1. The summed E-state index contributed by atoms with van der Waals surface area (Å²) in [6, 6.07) is 0. The van der Waals surface area contributed by atoms with Gasteiger partial charge < -0.3 is 4.90 Å². The molecule has 0 aromatic rings. The molecule has 2 rings (SSSR count). The van der Waals surface area contributed by atoms with Crippen LogP contribution in [0.15, 0.2) is 0 Å². The van der Waals surface area contributed by atoms with Crippen molar-refractivity contribution in [3.63, 3.8) is 0 Å². The molecule has 1 amide bonds. The van der Waals surface area contributed by atoms with Crippen LogP contribution in [0.25, 0.3) is 0 Å². The van der Waals surface area contributed by atoms with Crippen LogP contribution in [-0.2, 0) is 14.6 Å². The van der Waals surface area contributed by atoms with E-state index in [1.807, 2.05) is 0 Å². The molecule has 4 nitrogen and oxygen atoms in total. The third-order valence-electron chi connectivity index (χ3n) is 3.97. The summed E-state index contributed by atoms with van der Waals surface area (Å²) in [6.07, 6.45) is -1.65. The molecule has 116 valence electrons. The number of rotatable bonds is 4. The summed E-state index contributed by atoms with van der Waals surface area (Å²) in [5.74, 6) is -1.76. The van der Waals surface area contributed by atoms with Crippen molar-refractivity contribution in [2.24, 2.45) is 11.8 Å². The molecule has 1 saturated carbocycles. The fourth-order valence-corrected chi connectivity index (χ4v) is 4.42. The van der Waals surface area contributed by atoms with Crippen LogP contribution in [0.4, 0.5) is 13.2 Å². The molecule has 0 radical (unpaired) electrons. The van der Waals surface area contributed by atoms with E-state index in [0.717, 1.165) is 24.2 Å². The summed E-state index contributed by atoms with van der Waals surface area (Å²) in [5, 5.41) is 0. The molecule has 0 bridgehead atoms. The smallest absolute Gasteiger partial charge is 0.333 e. The number of alkyl halides is 3. The SMILES string of the molecule is O=C([C@H]1CCS(=O)(=O)C1)N(CC1CCC1)CC(F)(F)F. The normalized spacial score (nSPS) is 26.2. The lowest BCUT2D eigenvalue weighted by molar-refractivity contribution is -0.165. The number of hydrogen-bond acceptors (Lipinski definition) is 3. The molecule has 0 N–H and O–H groups in total. The summed E-state index contributed by atoms with van der Waals surface area (Å²) in [6.45, 7) is -1.19. The summed E-state index contributed by atoms with van der Waals surface area (Å²) < 4.78 is 60.4. The van der Waals surface area contributed by atoms with Gasteiger partial charge in [-0.1, -0.05) is 6.42 Å². The first-order chi connectivity index (χ1) is 9.16. The summed E-state index contributed by atoms with van der Waals surface area (Å²) >= 11 is 0. The first kappa shape index (κ1) is 15.6. The molecular formula is C12H18F3NO3S. The minimum Gasteiger partial charge on any atom is -0.333 e. The van der Waals surface area contributed by atoms with Gasteiger partial charge in [0.15, 0.2) is 9.84 Å².